The van der Waals surface area contributed by atoms with Gasteiger partial charge in [0.25, 0.3) is 0 Å². The SMILES string of the molecule is CCOCCN(CCOCC)c1cc(C)c(F)cc1N. The molecule has 0 bridgehead atoms. The fourth-order valence-electron chi connectivity index (χ4n) is 1.95. The molecule has 0 aliphatic rings. The zero-order valence-corrected chi connectivity index (χ0v) is 12.6. The Kier molecular flexibility index (Phi) is 7.33. The predicted molar refractivity (Wildman–Crippen MR) is 80.7 cm³/mol. The minimum Gasteiger partial charge on any atom is -0.397 e. The zero-order chi connectivity index (χ0) is 15.0. The Hall–Kier alpha value is -1.33. The summed E-state index contributed by atoms with van der Waals surface area (Å²) in [7, 11) is 0. The molecule has 0 unspecified atom stereocenters. The van der Waals surface area contributed by atoms with E-state index in [1.807, 2.05) is 13.8 Å². The summed E-state index contributed by atoms with van der Waals surface area (Å²) < 4.78 is 24.3. The van der Waals surface area contributed by atoms with E-state index in [9.17, 15) is 4.39 Å². The van der Waals surface area contributed by atoms with Gasteiger partial charge in [-0.3, -0.25) is 0 Å². The van der Waals surface area contributed by atoms with Crippen molar-refractivity contribution in [2.75, 3.05) is 50.2 Å². The number of hydrogen-bond acceptors (Lipinski definition) is 4. The van der Waals surface area contributed by atoms with Gasteiger partial charge in [0.15, 0.2) is 0 Å². The molecule has 2 N–H and O–H groups in total. The molecule has 0 fully saturated rings. The van der Waals surface area contributed by atoms with Crippen molar-refractivity contribution in [2.24, 2.45) is 0 Å². The Morgan fingerprint density at radius 3 is 2.15 bits per heavy atom. The van der Waals surface area contributed by atoms with Crippen LogP contribution < -0.4 is 10.6 Å². The van der Waals surface area contributed by atoms with Crippen molar-refractivity contribution in [1.29, 1.82) is 0 Å². The van der Waals surface area contributed by atoms with Crippen molar-refractivity contribution in [1.82, 2.24) is 0 Å². The number of benzene rings is 1. The highest BCUT2D eigenvalue weighted by Crippen LogP contribution is 2.26. The van der Waals surface area contributed by atoms with Crippen LogP contribution in [0.1, 0.15) is 19.4 Å². The molecule has 0 spiro atoms. The van der Waals surface area contributed by atoms with Crippen molar-refractivity contribution < 1.29 is 13.9 Å². The molecule has 0 atom stereocenters. The number of hydrogen-bond donors (Lipinski definition) is 1. The minimum absolute atomic E-state index is 0.277. The van der Waals surface area contributed by atoms with E-state index in [1.54, 1.807) is 13.0 Å². The lowest BCUT2D eigenvalue weighted by Crippen LogP contribution is -2.32. The lowest BCUT2D eigenvalue weighted by Gasteiger charge is -2.26. The van der Waals surface area contributed by atoms with Gasteiger partial charge in [0.2, 0.25) is 0 Å². The molecule has 20 heavy (non-hydrogen) atoms. The van der Waals surface area contributed by atoms with E-state index < -0.39 is 0 Å². The van der Waals surface area contributed by atoms with Gasteiger partial charge in [-0.05, 0) is 38.5 Å². The molecule has 0 saturated carbocycles. The van der Waals surface area contributed by atoms with Crippen LogP contribution in [0.4, 0.5) is 15.8 Å². The third-order valence-corrected chi connectivity index (χ3v) is 3.07. The van der Waals surface area contributed by atoms with Gasteiger partial charge in [-0.25, -0.2) is 4.39 Å². The fraction of sp³-hybridized carbons (Fsp3) is 0.600. The molecular formula is C15H25FN2O2. The summed E-state index contributed by atoms with van der Waals surface area (Å²) in [6.45, 7) is 9.64. The first-order valence-corrected chi connectivity index (χ1v) is 7.06. The lowest BCUT2D eigenvalue weighted by molar-refractivity contribution is 0.141. The number of halogens is 1. The quantitative estimate of drug-likeness (QED) is 0.559. The van der Waals surface area contributed by atoms with Gasteiger partial charge >= 0.3 is 0 Å². The topological polar surface area (TPSA) is 47.7 Å². The van der Waals surface area contributed by atoms with Crippen molar-refractivity contribution in [3.05, 3.63) is 23.5 Å². The molecule has 4 nitrogen and oxygen atoms in total. The van der Waals surface area contributed by atoms with Crippen LogP contribution in [-0.4, -0.2) is 39.5 Å². The standard InChI is InChI=1S/C15H25FN2O2/c1-4-19-8-6-18(7-9-20-5-2)15-10-12(3)13(16)11-14(15)17/h10-11H,4-9,17H2,1-3H3. The maximum absolute atomic E-state index is 13.5. The fourth-order valence-corrected chi connectivity index (χ4v) is 1.95. The van der Waals surface area contributed by atoms with Crippen LogP contribution in [0.15, 0.2) is 12.1 Å². The predicted octanol–water partition coefficient (Wildman–Crippen LogP) is 2.60. The minimum atomic E-state index is -0.277. The molecule has 0 radical (unpaired) electrons. The number of rotatable bonds is 9. The van der Waals surface area contributed by atoms with Crippen molar-refractivity contribution in [3.63, 3.8) is 0 Å². The summed E-state index contributed by atoms with van der Waals surface area (Å²) in [6.07, 6.45) is 0. The average molecular weight is 284 g/mol. The molecule has 0 aromatic heterocycles. The summed E-state index contributed by atoms with van der Waals surface area (Å²) in [5, 5.41) is 0. The van der Waals surface area contributed by atoms with Gasteiger partial charge in [0.1, 0.15) is 5.82 Å². The summed E-state index contributed by atoms with van der Waals surface area (Å²) >= 11 is 0. The highest BCUT2D eigenvalue weighted by molar-refractivity contribution is 5.68. The third-order valence-electron chi connectivity index (χ3n) is 3.07. The number of anilines is 2. The second kappa shape index (κ2) is 8.76. The molecule has 1 aromatic rings. The summed E-state index contributed by atoms with van der Waals surface area (Å²) in [6, 6.07) is 3.15. The van der Waals surface area contributed by atoms with Gasteiger partial charge in [-0.2, -0.15) is 0 Å². The Balaban J connectivity index is 2.81. The largest absolute Gasteiger partial charge is 0.397 e. The summed E-state index contributed by atoms with van der Waals surface area (Å²) in [5.41, 5.74) is 7.81. The van der Waals surface area contributed by atoms with Crippen LogP contribution in [0.5, 0.6) is 0 Å². The lowest BCUT2D eigenvalue weighted by atomic mass is 10.1. The smallest absolute Gasteiger partial charge is 0.128 e. The number of nitrogens with zero attached hydrogens (tertiary/aromatic N) is 1. The van der Waals surface area contributed by atoms with Gasteiger partial charge in [0, 0.05) is 26.3 Å². The Morgan fingerprint density at radius 1 is 1.10 bits per heavy atom. The van der Waals surface area contributed by atoms with Gasteiger partial charge in [-0.15, -0.1) is 0 Å². The molecule has 0 heterocycles. The zero-order valence-electron chi connectivity index (χ0n) is 12.6. The molecule has 1 rings (SSSR count). The molecule has 0 amide bonds. The van der Waals surface area contributed by atoms with Crippen molar-refractivity contribution >= 4 is 11.4 Å². The van der Waals surface area contributed by atoms with Crippen molar-refractivity contribution in [2.45, 2.75) is 20.8 Å². The van der Waals surface area contributed by atoms with E-state index in [0.717, 1.165) is 5.69 Å². The number of nitrogen functional groups attached to an aromatic ring is 1. The van der Waals surface area contributed by atoms with Crippen LogP contribution in [0, 0.1) is 12.7 Å². The summed E-state index contributed by atoms with van der Waals surface area (Å²) in [5.74, 6) is -0.277. The second-order valence-electron chi connectivity index (χ2n) is 4.54. The first-order chi connectivity index (χ1) is 9.60. The number of aryl methyl sites for hydroxylation is 1. The number of ether oxygens (including phenoxy) is 2. The summed E-state index contributed by atoms with van der Waals surface area (Å²) in [4.78, 5) is 2.08. The van der Waals surface area contributed by atoms with Crippen LogP contribution in [-0.2, 0) is 9.47 Å². The van der Waals surface area contributed by atoms with Crippen molar-refractivity contribution in [3.8, 4) is 0 Å². The second-order valence-corrected chi connectivity index (χ2v) is 4.54. The van der Waals surface area contributed by atoms with Crippen LogP contribution in [0.25, 0.3) is 0 Å². The average Bonchev–Trinajstić information content (AvgIpc) is 2.42. The third kappa shape index (κ3) is 4.98. The van der Waals surface area contributed by atoms with E-state index in [2.05, 4.69) is 4.90 Å². The van der Waals surface area contributed by atoms with Gasteiger partial charge < -0.3 is 20.1 Å². The monoisotopic (exact) mass is 284 g/mol. The first kappa shape index (κ1) is 16.7. The molecular weight excluding hydrogens is 259 g/mol. The Bertz CT molecular complexity index is 403. The van der Waals surface area contributed by atoms with E-state index in [0.29, 0.717) is 50.8 Å². The van der Waals surface area contributed by atoms with Crippen LogP contribution in [0.2, 0.25) is 0 Å². The van der Waals surface area contributed by atoms with E-state index in [1.165, 1.54) is 6.07 Å². The first-order valence-electron chi connectivity index (χ1n) is 7.06. The normalized spacial score (nSPS) is 10.8. The van der Waals surface area contributed by atoms with E-state index >= 15 is 0 Å². The van der Waals surface area contributed by atoms with Crippen LogP contribution in [0.3, 0.4) is 0 Å². The molecule has 0 aliphatic heterocycles. The molecule has 1 aromatic carbocycles. The molecule has 114 valence electrons. The number of nitrogens with two attached hydrogens (primary N) is 1. The molecule has 0 aliphatic carbocycles. The highest BCUT2D eigenvalue weighted by Gasteiger charge is 2.12. The van der Waals surface area contributed by atoms with E-state index in [4.69, 9.17) is 15.2 Å². The molecule has 0 saturated heterocycles. The highest BCUT2D eigenvalue weighted by atomic mass is 19.1. The van der Waals surface area contributed by atoms with Crippen LogP contribution >= 0.6 is 0 Å². The van der Waals surface area contributed by atoms with Gasteiger partial charge in [0.05, 0.1) is 24.6 Å². The Labute approximate surface area is 120 Å². The van der Waals surface area contributed by atoms with Gasteiger partial charge in [-0.1, -0.05) is 0 Å². The van der Waals surface area contributed by atoms with E-state index in [-0.39, 0.29) is 5.82 Å². The maximum atomic E-state index is 13.5. The molecule has 5 heteroatoms. The maximum Gasteiger partial charge on any atom is 0.128 e. The Morgan fingerprint density at radius 2 is 1.65 bits per heavy atom.